The number of hydrogen-bond acceptors (Lipinski definition) is 5. The molecule has 0 saturated carbocycles. The Bertz CT molecular complexity index is 550. The smallest absolute Gasteiger partial charge is 0.262 e. The summed E-state index contributed by atoms with van der Waals surface area (Å²) in [5.41, 5.74) is 5.17. The highest BCUT2D eigenvalue weighted by Crippen LogP contribution is 2.10. The van der Waals surface area contributed by atoms with Gasteiger partial charge in [-0.15, -0.1) is 0 Å². The van der Waals surface area contributed by atoms with Gasteiger partial charge in [-0.1, -0.05) is 17.0 Å². The highest BCUT2D eigenvalue weighted by Gasteiger charge is 2.14. The Hall–Kier alpha value is -1.77. The van der Waals surface area contributed by atoms with Crippen molar-refractivity contribution in [2.24, 2.45) is 5.73 Å². The normalized spacial score (nSPS) is 11.2. The third kappa shape index (κ3) is 3.91. The summed E-state index contributed by atoms with van der Waals surface area (Å²) >= 11 is 0. The van der Waals surface area contributed by atoms with Crippen molar-refractivity contribution in [2.75, 3.05) is 6.61 Å². The van der Waals surface area contributed by atoms with Crippen LogP contribution >= 0.6 is 0 Å². The molecule has 0 spiro atoms. The third-order valence-electron chi connectivity index (χ3n) is 1.95. The van der Waals surface area contributed by atoms with Crippen LogP contribution in [0, 0.1) is 0 Å². The lowest BCUT2D eigenvalue weighted by Crippen LogP contribution is -2.29. The third-order valence-corrected chi connectivity index (χ3v) is 3.18. The largest absolute Gasteiger partial charge is 0.368 e. The van der Waals surface area contributed by atoms with Crippen molar-refractivity contribution in [1.29, 1.82) is 0 Å². The van der Waals surface area contributed by atoms with E-state index < -0.39 is 22.5 Å². The molecule has 0 aliphatic rings. The average molecular weight is 272 g/mol. The summed E-state index contributed by atoms with van der Waals surface area (Å²) < 4.78 is 23.2. The van der Waals surface area contributed by atoms with E-state index in [4.69, 9.17) is 5.73 Å². The highest BCUT2D eigenvalue weighted by molar-refractivity contribution is 7.89. The number of Topliss-reactive ketones (excluding diaryl/α,β-unsaturated/α-hetero) is 1. The van der Waals surface area contributed by atoms with E-state index in [0.29, 0.717) is 5.56 Å². The number of carbonyl (C=O) groups excluding carboxylic acids is 2. The van der Waals surface area contributed by atoms with Gasteiger partial charge in [0.05, 0.1) is 4.90 Å². The molecular formula is C10H12N2O5S. The van der Waals surface area contributed by atoms with Crippen LogP contribution in [-0.4, -0.2) is 26.7 Å². The van der Waals surface area contributed by atoms with Crippen LogP contribution in [-0.2, 0) is 19.7 Å². The van der Waals surface area contributed by atoms with Gasteiger partial charge in [0.25, 0.3) is 10.0 Å². The Kier molecular flexibility index (Phi) is 4.54. The second-order valence-electron chi connectivity index (χ2n) is 3.42. The topological polar surface area (TPSA) is 116 Å². The van der Waals surface area contributed by atoms with E-state index in [0.717, 1.165) is 0 Å². The summed E-state index contributed by atoms with van der Waals surface area (Å²) in [6, 6.07) is 5.27. The highest BCUT2D eigenvalue weighted by atomic mass is 32.2. The fourth-order valence-electron chi connectivity index (χ4n) is 1.10. The average Bonchev–Trinajstić information content (AvgIpc) is 2.28. The van der Waals surface area contributed by atoms with Gasteiger partial charge in [-0.05, 0) is 19.1 Å². The molecule has 0 aliphatic carbocycles. The van der Waals surface area contributed by atoms with E-state index in [1.54, 1.807) is 4.89 Å². The molecular weight excluding hydrogens is 260 g/mol. The molecule has 18 heavy (non-hydrogen) atoms. The summed E-state index contributed by atoms with van der Waals surface area (Å²) in [6.07, 6.45) is 0. The first-order valence-corrected chi connectivity index (χ1v) is 6.34. The van der Waals surface area contributed by atoms with Crippen molar-refractivity contribution >= 4 is 21.7 Å². The Morgan fingerprint density at radius 1 is 1.28 bits per heavy atom. The number of carbonyl (C=O) groups is 2. The lowest BCUT2D eigenvalue weighted by atomic mass is 10.2. The van der Waals surface area contributed by atoms with Gasteiger partial charge < -0.3 is 5.73 Å². The second kappa shape index (κ2) is 5.71. The van der Waals surface area contributed by atoms with Crippen molar-refractivity contribution in [2.45, 2.75) is 11.8 Å². The minimum atomic E-state index is -3.89. The second-order valence-corrected chi connectivity index (χ2v) is 5.07. The predicted octanol–water partition coefficient (Wildman–Crippen LogP) is -0.416. The van der Waals surface area contributed by atoms with E-state index in [-0.39, 0.29) is 10.7 Å². The quantitative estimate of drug-likeness (QED) is 0.539. The molecule has 0 bridgehead atoms. The van der Waals surface area contributed by atoms with Gasteiger partial charge in [-0.25, -0.2) is 8.42 Å². The van der Waals surface area contributed by atoms with Crippen molar-refractivity contribution < 1.29 is 22.8 Å². The lowest BCUT2D eigenvalue weighted by Gasteiger charge is -2.06. The van der Waals surface area contributed by atoms with Gasteiger partial charge in [0.2, 0.25) is 5.91 Å². The van der Waals surface area contributed by atoms with E-state index in [1.807, 2.05) is 0 Å². The zero-order valence-corrected chi connectivity index (χ0v) is 10.4. The number of ketones is 1. The number of rotatable bonds is 6. The van der Waals surface area contributed by atoms with Crippen LogP contribution in [0.3, 0.4) is 0 Å². The van der Waals surface area contributed by atoms with Gasteiger partial charge in [-0.2, -0.15) is 0 Å². The fourth-order valence-corrected chi connectivity index (χ4v) is 1.90. The number of benzene rings is 1. The fraction of sp³-hybridized carbons (Fsp3) is 0.200. The van der Waals surface area contributed by atoms with Crippen molar-refractivity contribution in [3.8, 4) is 0 Å². The lowest BCUT2D eigenvalue weighted by molar-refractivity contribution is -0.123. The molecule has 1 rings (SSSR count). The van der Waals surface area contributed by atoms with Crippen molar-refractivity contribution in [3.05, 3.63) is 29.8 Å². The number of amides is 1. The maximum atomic E-state index is 11.6. The molecule has 0 radical (unpaired) electrons. The number of nitrogens with one attached hydrogen (secondary N) is 1. The number of nitrogens with two attached hydrogens (primary N) is 1. The standard InChI is InChI=1S/C10H12N2O5S/c1-7(13)8-2-4-9(5-3-8)18(15,16)12-17-6-10(11)14/h2-5,12H,6H2,1H3,(H2,11,14). The van der Waals surface area contributed by atoms with E-state index in [9.17, 15) is 18.0 Å². The summed E-state index contributed by atoms with van der Waals surface area (Å²) in [6.45, 7) is 0.808. The van der Waals surface area contributed by atoms with Crippen LogP contribution in [0.4, 0.5) is 0 Å². The van der Waals surface area contributed by atoms with Crippen LogP contribution in [0.25, 0.3) is 0 Å². The van der Waals surface area contributed by atoms with Gasteiger partial charge in [0.1, 0.15) is 6.61 Å². The van der Waals surface area contributed by atoms with E-state index >= 15 is 0 Å². The van der Waals surface area contributed by atoms with E-state index in [1.165, 1.54) is 31.2 Å². The first-order valence-electron chi connectivity index (χ1n) is 4.86. The number of primary amides is 1. The molecule has 1 aromatic carbocycles. The molecule has 98 valence electrons. The molecule has 0 aliphatic heterocycles. The van der Waals surface area contributed by atoms with Crippen molar-refractivity contribution in [3.63, 3.8) is 0 Å². The minimum Gasteiger partial charge on any atom is -0.368 e. The van der Waals surface area contributed by atoms with Crippen LogP contribution in [0.1, 0.15) is 17.3 Å². The Balaban J connectivity index is 2.79. The zero-order chi connectivity index (χ0) is 13.8. The van der Waals surface area contributed by atoms with Gasteiger partial charge in [0.15, 0.2) is 5.78 Å². The van der Waals surface area contributed by atoms with Crippen molar-refractivity contribution in [1.82, 2.24) is 4.89 Å². The molecule has 0 saturated heterocycles. The Morgan fingerprint density at radius 3 is 2.28 bits per heavy atom. The maximum absolute atomic E-state index is 11.6. The van der Waals surface area contributed by atoms with Crippen LogP contribution < -0.4 is 10.6 Å². The van der Waals surface area contributed by atoms with E-state index in [2.05, 4.69) is 4.84 Å². The Labute approximate surface area is 104 Å². The number of hydrogen-bond donors (Lipinski definition) is 2. The van der Waals surface area contributed by atoms with Crippen LogP contribution in [0.2, 0.25) is 0 Å². The molecule has 0 aromatic heterocycles. The zero-order valence-electron chi connectivity index (χ0n) is 9.54. The molecule has 8 heteroatoms. The number of sulfonamides is 1. The Morgan fingerprint density at radius 2 is 1.83 bits per heavy atom. The molecule has 0 unspecified atom stereocenters. The molecule has 7 nitrogen and oxygen atoms in total. The summed E-state index contributed by atoms with van der Waals surface area (Å²) in [5, 5.41) is 0. The molecule has 1 amide bonds. The first kappa shape index (κ1) is 14.3. The molecule has 3 N–H and O–H groups in total. The van der Waals surface area contributed by atoms with Crippen LogP contribution in [0.5, 0.6) is 0 Å². The summed E-state index contributed by atoms with van der Waals surface area (Å²) in [4.78, 5) is 27.4. The molecule has 0 atom stereocenters. The molecule has 1 aromatic rings. The predicted molar refractivity (Wildman–Crippen MR) is 61.9 cm³/mol. The van der Waals surface area contributed by atoms with Gasteiger partial charge in [0, 0.05) is 5.56 Å². The SMILES string of the molecule is CC(=O)c1ccc(S(=O)(=O)NOCC(N)=O)cc1. The molecule has 0 heterocycles. The monoisotopic (exact) mass is 272 g/mol. The minimum absolute atomic E-state index is 0.0861. The summed E-state index contributed by atoms with van der Waals surface area (Å²) in [7, 11) is -3.89. The van der Waals surface area contributed by atoms with Crippen LogP contribution in [0.15, 0.2) is 29.2 Å². The summed E-state index contributed by atoms with van der Waals surface area (Å²) in [5.74, 6) is -0.971. The van der Waals surface area contributed by atoms with Gasteiger partial charge in [-0.3, -0.25) is 14.4 Å². The first-order chi connectivity index (χ1) is 8.33. The molecule has 0 fully saturated rings. The van der Waals surface area contributed by atoms with Gasteiger partial charge >= 0.3 is 0 Å². The maximum Gasteiger partial charge on any atom is 0.262 e.